The first-order valence-electron chi connectivity index (χ1n) is 8.08. The van der Waals surface area contributed by atoms with E-state index in [0.717, 1.165) is 25.7 Å². The van der Waals surface area contributed by atoms with Crippen LogP contribution in [-0.2, 0) is 12.8 Å². The fourth-order valence-corrected chi connectivity index (χ4v) is 3.45. The molecule has 110 valence electrons. The predicted octanol–water partition coefficient (Wildman–Crippen LogP) is 3.85. The van der Waals surface area contributed by atoms with Gasteiger partial charge in [-0.2, -0.15) is 0 Å². The number of benzene rings is 1. The van der Waals surface area contributed by atoms with Crippen LogP contribution in [0.15, 0.2) is 48.7 Å². The van der Waals surface area contributed by atoms with E-state index in [0.29, 0.717) is 5.92 Å². The number of nitrogens with zero attached hydrogens (tertiary/aromatic N) is 1. The van der Waals surface area contributed by atoms with Gasteiger partial charge in [0.1, 0.15) is 0 Å². The molecule has 2 N–H and O–H groups in total. The summed E-state index contributed by atoms with van der Waals surface area (Å²) in [6.45, 7) is 0. The number of nitrogens with two attached hydrogens (primary N) is 1. The summed E-state index contributed by atoms with van der Waals surface area (Å²) in [5, 5.41) is 0. The third-order valence-corrected chi connectivity index (χ3v) is 4.60. The predicted molar refractivity (Wildman–Crippen MR) is 87.3 cm³/mol. The van der Waals surface area contributed by atoms with Gasteiger partial charge in [-0.3, -0.25) is 4.98 Å². The van der Waals surface area contributed by atoms with Gasteiger partial charge in [-0.15, -0.1) is 0 Å². The standard InChI is InChI=1S/C19H24N2/c20-18(13-4-9-15-7-2-1-3-8-15)17-12-5-10-16-11-6-14-21-19(16)17/h1-3,6-8,11,14,17-18H,4-5,9-10,12-13,20H2. The van der Waals surface area contributed by atoms with Gasteiger partial charge in [0.05, 0.1) is 0 Å². The quantitative estimate of drug-likeness (QED) is 0.903. The maximum absolute atomic E-state index is 6.49. The van der Waals surface area contributed by atoms with Crippen molar-refractivity contribution in [3.8, 4) is 0 Å². The maximum atomic E-state index is 6.49. The summed E-state index contributed by atoms with van der Waals surface area (Å²) < 4.78 is 0. The third kappa shape index (κ3) is 3.51. The molecule has 1 heterocycles. The molecule has 2 aromatic rings. The Hall–Kier alpha value is -1.67. The number of aryl methyl sites for hydroxylation is 2. The third-order valence-electron chi connectivity index (χ3n) is 4.60. The van der Waals surface area contributed by atoms with Crippen molar-refractivity contribution < 1.29 is 0 Å². The molecule has 0 saturated carbocycles. The van der Waals surface area contributed by atoms with Crippen LogP contribution < -0.4 is 5.73 Å². The molecule has 2 heteroatoms. The molecule has 0 radical (unpaired) electrons. The lowest BCUT2D eigenvalue weighted by molar-refractivity contribution is 0.424. The van der Waals surface area contributed by atoms with Crippen LogP contribution in [0.4, 0.5) is 0 Å². The van der Waals surface area contributed by atoms with Crippen LogP contribution in [0.1, 0.15) is 48.4 Å². The van der Waals surface area contributed by atoms with Gasteiger partial charge in [0.15, 0.2) is 0 Å². The van der Waals surface area contributed by atoms with Crippen LogP contribution >= 0.6 is 0 Å². The highest BCUT2D eigenvalue weighted by Gasteiger charge is 2.26. The van der Waals surface area contributed by atoms with Crippen molar-refractivity contribution in [1.82, 2.24) is 4.98 Å². The summed E-state index contributed by atoms with van der Waals surface area (Å²) in [5.74, 6) is 0.450. The molecule has 0 spiro atoms. The second-order valence-electron chi connectivity index (χ2n) is 6.09. The van der Waals surface area contributed by atoms with Crippen molar-refractivity contribution in [2.45, 2.75) is 50.5 Å². The summed E-state index contributed by atoms with van der Waals surface area (Å²) in [6.07, 6.45) is 8.87. The zero-order valence-electron chi connectivity index (χ0n) is 12.5. The van der Waals surface area contributed by atoms with Crippen LogP contribution in [0.2, 0.25) is 0 Å². The summed E-state index contributed by atoms with van der Waals surface area (Å²) in [5.41, 5.74) is 10.6. The molecule has 0 bridgehead atoms. The van der Waals surface area contributed by atoms with E-state index in [9.17, 15) is 0 Å². The Labute approximate surface area is 127 Å². The summed E-state index contributed by atoms with van der Waals surface area (Å²) in [6, 6.07) is 15.2. The molecule has 2 nitrogen and oxygen atoms in total. The molecule has 1 aliphatic rings. The van der Waals surface area contributed by atoms with Crippen LogP contribution in [0.5, 0.6) is 0 Å². The van der Waals surface area contributed by atoms with E-state index in [1.807, 2.05) is 12.3 Å². The first kappa shape index (κ1) is 14.3. The largest absolute Gasteiger partial charge is 0.327 e. The molecule has 2 unspecified atom stereocenters. The molecule has 0 fully saturated rings. The average Bonchev–Trinajstić information content (AvgIpc) is 2.55. The van der Waals surface area contributed by atoms with Crippen LogP contribution in [0.25, 0.3) is 0 Å². The van der Waals surface area contributed by atoms with Crippen LogP contribution in [-0.4, -0.2) is 11.0 Å². The zero-order valence-corrected chi connectivity index (χ0v) is 12.5. The van der Waals surface area contributed by atoms with E-state index in [4.69, 9.17) is 5.73 Å². The van der Waals surface area contributed by atoms with Crippen molar-refractivity contribution in [3.05, 3.63) is 65.5 Å². The van der Waals surface area contributed by atoms with E-state index < -0.39 is 0 Å². The van der Waals surface area contributed by atoms with E-state index >= 15 is 0 Å². The molecule has 1 aromatic carbocycles. The molecule has 0 saturated heterocycles. The van der Waals surface area contributed by atoms with E-state index in [1.165, 1.54) is 29.7 Å². The molecular weight excluding hydrogens is 256 g/mol. The second-order valence-corrected chi connectivity index (χ2v) is 6.09. The van der Waals surface area contributed by atoms with Gasteiger partial charge < -0.3 is 5.73 Å². The van der Waals surface area contributed by atoms with Crippen LogP contribution in [0, 0.1) is 0 Å². The van der Waals surface area contributed by atoms with Gasteiger partial charge in [-0.25, -0.2) is 0 Å². The Bertz CT molecular complexity index is 565. The summed E-state index contributed by atoms with van der Waals surface area (Å²) >= 11 is 0. The first-order valence-corrected chi connectivity index (χ1v) is 8.08. The summed E-state index contributed by atoms with van der Waals surface area (Å²) in [4.78, 5) is 4.61. The molecular formula is C19H24N2. The summed E-state index contributed by atoms with van der Waals surface area (Å²) in [7, 11) is 0. The second kappa shape index (κ2) is 6.86. The number of rotatable bonds is 5. The minimum Gasteiger partial charge on any atom is -0.327 e. The monoisotopic (exact) mass is 280 g/mol. The number of hydrogen-bond donors (Lipinski definition) is 1. The van der Waals surface area contributed by atoms with Crippen molar-refractivity contribution in [2.75, 3.05) is 0 Å². The van der Waals surface area contributed by atoms with Crippen molar-refractivity contribution in [1.29, 1.82) is 0 Å². The van der Waals surface area contributed by atoms with Gasteiger partial charge >= 0.3 is 0 Å². The van der Waals surface area contributed by atoms with Gasteiger partial charge in [0, 0.05) is 23.9 Å². The Morgan fingerprint density at radius 1 is 1.14 bits per heavy atom. The van der Waals surface area contributed by atoms with Gasteiger partial charge in [0.2, 0.25) is 0 Å². The highest BCUT2D eigenvalue weighted by Crippen LogP contribution is 2.33. The Morgan fingerprint density at radius 2 is 2.00 bits per heavy atom. The molecule has 3 rings (SSSR count). The molecule has 0 aliphatic heterocycles. The zero-order chi connectivity index (χ0) is 14.5. The van der Waals surface area contributed by atoms with E-state index in [-0.39, 0.29) is 6.04 Å². The van der Waals surface area contributed by atoms with Gasteiger partial charge in [0.25, 0.3) is 0 Å². The van der Waals surface area contributed by atoms with E-state index in [1.54, 1.807) is 0 Å². The van der Waals surface area contributed by atoms with Gasteiger partial charge in [-0.05, 0) is 55.7 Å². The number of fused-ring (bicyclic) bond motifs is 1. The lowest BCUT2D eigenvalue weighted by Gasteiger charge is -2.29. The van der Waals surface area contributed by atoms with Gasteiger partial charge in [-0.1, -0.05) is 36.4 Å². The van der Waals surface area contributed by atoms with Crippen molar-refractivity contribution in [2.24, 2.45) is 5.73 Å². The Morgan fingerprint density at radius 3 is 2.86 bits per heavy atom. The SMILES string of the molecule is NC(CCCc1ccccc1)C1CCCc2cccnc21. The molecule has 0 amide bonds. The lowest BCUT2D eigenvalue weighted by Crippen LogP contribution is -2.31. The Kier molecular flexibility index (Phi) is 4.66. The number of pyridine rings is 1. The highest BCUT2D eigenvalue weighted by atomic mass is 14.7. The fraction of sp³-hybridized carbons (Fsp3) is 0.421. The van der Waals surface area contributed by atoms with E-state index in [2.05, 4.69) is 41.4 Å². The normalized spacial score (nSPS) is 19.0. The number of aromatic nitrogens is 1. The minimum absolute atomic E-state index is 0.239. The fourth-order valence-electron chi connectivity index (χ4n) is 3.45. The van der Waals surface area contributed by atoms with Crippen LogP contribution in [0.3, 0.4) is 0 Å². The highest BCUT2D eigenvalue weighted by molar-refractivity contribution is 5.27. The molecule has 2 atom stereocenters. The Balaban J connectivity index is 1.58. The van der Waals surface area contributed by atoms with Crippen molar-refractivity contribution in [3.63, 3.8) is 0 Å². The maximum Gasteiger partial charge on any atom is 0.0481 e. The minimum atomic E-state index is 0.239. The molecule has 21 heavy (non-hydrogen) atoms. The lowest BCUT2D eigenvalue weighted by atomic mass is 9.80. The molecule has 1 aromatic heterocycles. The van der Waals surface area contributed by atoms with Crippen molar-refractivity contribution >= 4 is 0 Å². The average molecular weight is 280 g/mol. The smallest absolute Gasteiger partial charge is 0.0481 e. The number of hydrogen-bond acceptors (Lipinski definition) is 2. The topological polar surface area (TPSA) is 38.9 Å². The first-order chi connectivity index (χ1) is 10.3. The molecule has 1 aliphatic carbocycles.